The SMILES string of the molecule is Cc1ccc2nc(NCCS(N)(=O)=O)nn2c1. The van der Waals surface area contributed by atoms with E-state index in [4.69, 9.17) is 5.14 Å². The molecule has 0 fully saturated rings. The molecule has 92 valence electrons. The monoisotopic (exact) mass is 255 g/mol. The van der Waals surface area contributed by atoms with Gasteiger partial charge in [-0.25, -0.2) is 18.1 Å². The van der Waals surface area contributed by atoms with Crippen molar-refractivity contribution in [3.63, 3.8) is 0 Å². The lowest BCUT2D eigenvalue weighted by Crippen LogP contribution is -2.22. The van der Waals surface area contributed by atoms with Crippen LogP contribution in [-0.2, 0) is 10.0 Å². The first kappa shape index (κ1) is 11.8. The highest BCUT2D eigenvalue weighted by Gasteiger charge is 2.05. The van der Waals surface area contributed by atoms with Crippen molar-refractivity contribution in [1.82, 2.24) is 14.6 Å². The number of nitrogens with two attached hydrogens (primary N) is 1. The molecular formula is C9H13N5O2S. The van der Waals surface area contributed by atoms with Crippen molar-refractivity contribution in [2.45, 2.75) is 6.92 Å². The fourth-order valence-corrected chi connectivity index (χ4v) is 1.75. The quantitative estimate of drug-likeness (QED) is 0.783. The number of hydrogen-bond donors (Lipinski definition) is 2. The molecule has 0 spiro atoms. The van der Waals surface area contributed by atoms with Crippen molar-refractivity contribution in [1.29, 1.82) is 0 Å². The van der Waals surface area contributed by atoms with E-state index in [0.29, 0.717) is 11.6 Å². The van der Waals surface area contributed by atoms with Crippen LogP contribution in [0.25, 0.3) is 5.65 Å². The Labute approximate surface area is 98.7 Å². The summed E-state index contributed by atoms with van der Waals surface area (Å²) in [6.45, 7) is 2.14. The third-order valence-electron chi connectivity index (χ3n) is 2.15. The molecule has 2 heterocycles. The van der Waals surface area contributed by atoms with Gasteiger partial charge in [-0.1, -0.05) is 6.07 Å². The van der Waals surface area contributed by atoms with Crippen molar-refractivity contribution in [2.24, 2.45) is 5.14 Å². The summed E-state index contributed by atoms with van der Waals surface area (Å²) < 4.78 is 23.1. The van der Waals surface area contributed by atoms with Crippen LogP contribution in [0.15, 0.2) is 18.3 Å². The van der Waals surface area contributed by atoms with E-state index in [2.05, 4.69) is 15.4 Å². The number of pyridine rings is 1. The standard InChI is InChI=1S/C9H13N5O2S/c1-7-2-3-8-12-9(13-14(8)6-7)11-4-5-17(10,15)16/h2-3,6H,4-5H2,1H3,(H,11,13)(H2,10,15,16). The highest BCUT2D eigenvalue weighted by atomic mass is 32.2. The molecule has 0 saturated carbocycles. The lowest BCUT2D eigenvalue weighted by molar-refractivity contribution is 0.598. The van der Waals surface area contributed by atoms with Crippen LogP contribution >= 0.6 is 0 Å². The predicted molar refractivity (Wildman–Crippen MR) is 64.2 cm³/mol. The maximum absolute atomic E-state index is 10.7. The summed E-state index contributed by atoms with van der Waals surface area (Å²) >= 11 is 0. The topological polar surface area (TPSA) is 102 Å². The van der Waals surface area contributed by atoms with Crippen molar-refractivity contribution >= 4 is 21.6 Å². The second-order valence-electron chi connectivity index (χ2n) is 3.74. The molecule has 0 bridgehead atoms. The summed E-state index contributed by atoms with van der Waals surface area (Å²) in [5.41, 5.74) is 1.77. The Morgan fingerprint density at radius 2 is 2.24 bits per heavy atom. The Morgan fingerprint density at radius 1 is 1.47 bits per heavy atom. The first-order valence-corrected chi connectivity index (χ1v) is 6.73. The van der Waals surface area contributed by atoms with E-state index >= 15 is 0 Å². The average molecular weight is 255 g/mol. The summed E-state index contributed by atoms with van der Waals surface area (Å²) in [5.74, 6) is 0.237. The minimum Gasteiger partial charge on any atom is -0.352 e. The first-order chi connectivity index (χ1) is 7.94. The van der Waals surface area contributed by atoms with Gasteiger partial charge in [-0.05, 0) is 18.6 Å². The molecule has 0 amide bonds. The average Bonchev–Trinajstić information content (AvgIpc) is 2.57. The van der Waals surface area contributed by atoms with Crippen LogP contribution in [0.1, 0.15) is 5.56 Å². The van der Waals surface area contributed by atoms with E-state index in [1.165, 1.54) is 0 Å². The molecule has 0 aliphatic rings. The number of aromatic nitrogens is 3. The fraction of sp³-hybridized carbons (Fsp3) is 0.333. The Hall–Kier alpha value is -1.67. The molecule has 0 aliphatic carbocycles. The van der Waals surface area contributed by atoms with Gasteiger partial charge >= 0.3 is 0 Å². The van der Waals surface area contributed by atoms with Crippen LogP contribution in [0.4, 0.5) is 5.95 Å². The zero-order valence-corrected chi connectivity index (χ0v) is 10.1. The van der Waals surface area contributed by atoms with Gasteiger partial charge in [-0.15, -0.1) is 5.10 Å². The van der Waals surface area contributed by atoms with Gasteiger partial charge in [-0.3, -0.25) is 0 Å². The molecule has 7 nitrogen and oxygen atoms in total. The third kappa shape index (κ3) is 3.14. The molecule has 0 unspecified atom stereocenters. The molecule has 0 aliphatic heterocycles. The normalized spacial score (nSPS) is 11.9. The fourth-order valence-electron chi connectivity index (χ4n) is 1.37. The van der Waals surface area contributed by atoms with Gasteiger partial charge in [0.25, 0.3) is 0 Å². The van der Waals surface area contributed by atoms with Crippen molar-refractivity contribution in [3.05, 3.63) is 23.9 Å². The van der Waals surface area contributed by atoms with Gasteiger partial charge in [0.05, 0.1) is 5.75 Å². The summed E-state index contributed by atoms with van der Waals surface area (Å²) in [7, 11) is -3.46. The number of anilines is 1. The van der Waals surface area contributed by atoms with Crippen molar-refractivity contribution in [2.75, 3.05) is 17.6 Å². The van der Waals surface area contributed by atoms with E-state index in [9.17, 15) is 8.42 Å². The van der Waals surface area contributed by atoms with E-state index in [0.717, 1.165) is 5.56 Å². The van der Waals surface area contributed by atoms with Gasteiger partial charge < -0.3 is 5.32 Å². The van der Waals surface area contributed by atoms with Crippen LogP contribution in [0.5, 0.6) is 0 Å². The number of aryl methyl sites for hydroxylation is 1. The van der Waals surface area contributed by atoms with E-state index < -0.39 is 10.0 Å². The van der Waals surface area contributed by atoms with Crippen molar-refractivity contribution < 1.29 is 8.42 Å². The number of sulfonamides is 1. The molecule has 3 N–H and O–H groups in total. The number of nitrogens with zero attached hydrogens (tertiary/aromatic N) is 3. The highest BCUT2D eigenvalue weighted by molar-refractivity contribution is 7.89. The van der Waals surface area contributed by atoms with Crippen LogP contribution in [0.3, 0.4) is 0 Å². The number of hydrogen-bond acceptors (Lipinski definition) is 5. The van der Waals surface area contributed by atoms with Crippen LogP contribution in [0.2, 0.25) is 0 Å². The summed E-state index contributed by atoms with van der Waals surface area (Å²) in [6, 6.07) is 3.77. The zero-order valence-electron chi connectivity index (χ0n) is 9.29. The van der Waals surface area contributed by atoms with E-state index in [1.54, 1.807) is 4.52 Å². The first-order valence-electron chi connectivity index (χ1n) is 5.01. The van der Waals surface area contributed by atoms with Crippen LogP contribution in [0, 0.1) is 6.92 Å². The van der Waals surface area contributed by atoms with E-state index in [1.807, 2.05) is 25.3 Å². The lowest BCUT2D eigenvalue weighted by atomic mass is 10.3. The third-order valence-corrected chi connectivity index (χ3v) is 2.92. The predicted octanol–water partition coefficient (Wildman–Crippen LogP) is -0.262. The molecular weight excluding hydrogens is 242 g/mol. The molecule has 2 aromatic heterocycles. The Kier molecular flexibility index (Phi) is 2.99. The van der Waals surface area contributed by atoms with Gasteiger partial charge in [0.2, 0.25) is 16.0 Å². The molecule has 0 atom stereocenters. The minimum atomic E-state index is -3.46. The molecule has 2 rings (SSSR count). The second kappa shape index (κ2) is 4.30. The Bertz CT molecular complexity index is 634. The van der Waals surface area contributed by atoms with E-state index in [-0.39, 0.29) is 12.3 Å². The molecule has 2 aromatic rings. The Balaban J connectivity index is 2.09. The second-order valence-corrected chi connectivity index (χ2v) is 5.47. The molecule has 0 saturated heterocycles. The molecule has 0 radical (unpaired) electrons. The lowest BCUT2D eigenvalue weighted by Gasteiger charge is -1.98. The Morgan fingerprint density at radius 3 is 2.94 bits per heavy atom. The van der Waals surface area contributed by atoms with Crippen LogP contribution in [-0.4, -0.2) is 35.3 Å². The molecule has 8 heteroatoms. The largest absolute Gasteiger partial charge is 0.352 e. The smallest absolute Gasteiger partial charge is 0.243 e. The minimum absolute atomic E-state index is 0.151. The van der Waals surface area contributed by atoms with Gasteiger partial charge in [0.15, 0.2) is 5.65 Å². The van der Waals surface area contributed by atoms with Gasteiger partial charge in [0.1, 0.15) is 0 Å². The molecule has 17 heavy (non-hydrogen) atoms. The van der Waals surface area contributed by atoms with Crippen LogP contribution < -0.4 is 10.5 Å². The summed E-state index contributed by atoms with van der Waals surface area (Å²) in [4.78, 5) is 4.18. The highest BCUT2D eigenvalue weighted by Crippen LogP contribution is 2.06. The number of primary sulfonamides is 1. The number of nitrogens with one attached hydrogen (secondary N) is 1. The van der Waals surface area contributed by atoms with Gasteiger partial charge in [-0.2, -0.15) is 4.98 Å². The molecule has 0 aromatic carbocycles. The van der Waals surface area contributed by atoms with Gasteiger partial charge in [0, 0.05) is 12.7 Å². The summed E-state index contributed by atoms with van der Waals surface area (Å²) in [5, 5.41) is 11.8. The maximum Gasteiger partial charge on any atom is 0.243 e. The maximum atomic E-state index is 10.7. The number of fused-ring (bicyclic) bond motifs is 1. The summed E-state index contributed by atoms with van der Waals surface area (Å²) in [6.07, 6.45) is 1.84. The number of rotatable bonds is 4. The zero-order chi connectivity index (χ0) is 12.5. The van der Waals surface area contributed by atoms with Crippen molar-refractivity contribution in [3.8, 4) is 0 Å².